The van der Waals surface area contributed by atoms with E-state index >= 15 is 0 Å². The topological polar surface area (TPSA) is 45.9 Å². The van der Waals surface area contributed by atoms with Crippen molar-refractivity contribution in [3.05, 3.63) is 59.9 Å². The van der Waals surface area contributed by atoms with Crippen LogP contribution in [-0.2, 0) is 0 Å². The zero-order valence-electron chi connectivity index (χ0n) is 10.00. The van der Waals surface area contributed by atoms with Gasteiger partial charge in [-0.1, -0.05) is 6.07 Å². The van der Waals surface area contributed by atoms with Gasteiger partial charge in [-0.2, -0.15) is 5.26 Å². The zero-order valence-corrected chi connectivity index (χ0v) is 10.00. The molecule has 0 atom stereocenters. The molecule has 0 fully saturated rings. The highest BCUT2D eigenvalue weighted by Gasteiger charge is 2.01. The van der Waals surface area contributed by atoms with Crippen LogP contribution in [0.5, 0.6) is 5.75 Å². The summed E-state index contributed by atoms with van der Waals surface area (Å²) < 4.78 is 5.09. The predicted octanol–water partition coefficient (Wildman–Crippen LogP) is 3.15. The summed E-state index contributed by atoms with van der Waals surface area (Å²) in [5, 5.41) is 9.19. The number of benzene rings is 1. The van der Waals surface area contributed by atoms with Crippen LogP contribution < -0.4 is 4.74 Å². The fraction of sp³-hybridized carbons (Fsp3) is 0.0667. The first kappa shape index (κ1) is 11.9. The number of aromatic nitrogens is 1. The Hall–Kier alpha value is -2.60. The van der Waals surface area contributed by atoms with Gasteiger partial charge in [0.15, 0.2) is 0 Å². The zero-order chi connectivity index (χ0) is 12.8. The van der Waals surface area contributed by atoms with E-state index in [1.807, 2.05) is 42.5 Å². The molecule has 0 N–H and O–H groups in total. The third kappa shape index (κ3) is 2.74. The van der Waals surface area contributed by atoms with Crippen molar-refractivity contribution in [3.8, 4) is 11.8 Å². The summed E-state index contributed by atoms with van der Waals surface area (Å²) in [6.07, 6.45) is 3.47. The van der Waals surface area contributed by atoms with E-state index in [0.29, 0.717) is 5.57 Å². The van der Waals surface area contributed by atoms with Gasteiger partial charge in [-0.05, 0) is 48.0 Å². The number of pyridine rings is 1. The minimum absolute atomic E-state index is 0.580. The Bertz CT molecular complexity index is 580. The van der Waals surface area contributed by atoms with Crippen molar-refractivity contribution in [1.29, 1.82) is 5.26 Å². The molecular weight excluding hydrogens is 224 g/mol. The average molecular weight is 236 g/mol. The molecule has 88 valence electrons. The summed E-state index contributed by atoms with van der Waals surface area (Å²) in [7, 11) is 1.62. The van der Waals surface area contributed by atoms with Crippen molar-refractivity contribution in [3.63, 3.8) is 0 Å². The van der Waals surface area contributed by atoms with Crippen LogP contribution in [0.15, 0.2) is 48.7 Å². The minimum Gasteiger partial charge on any atom is -0.497 e. The Morgan fingerprint density at radius 2 is 2.00 bits per heavy atom. The first-order valence-electron chi connectivity index (χ1n) is 5.51. The third-order valence-corrected chi connectivity index (χ3v) is 2.50. The summed E-state index contributed by atoms with van der Waals surface area (Å²) in [4.78, 5) is 4.17. The predicted molar refractivity (Wildman–Crippen MR) is 70.7 cm³/mol. The molecule has 1 aromatic carbocycles. The van der Waals surface area contributed by atoms with Crippen LogP contribution >= 0.6 is 0 Å². The van der Waals surface area contributed by atoms with Crippen molar-refractivity contribution in [2.45, 2.75) is 0 Å². The molecule has 0 amide bonds. The smallest absolute Gasteiger partial charge is 0.118 e. The standard InChI is InChI=1S/C15H12N2O/c1-18-15-7-5-12(6-8-15)13(11-16)10-14-4-2-3-9-17-14/h2-10H,1H3/b13-10+. The maximum Gasteiger partial charge on any atom is 0.118 e. The van der Waals surface area contributed by atoms with Crippen LogP contribution in [0.25, 0.3) is 11.6 Å². The molecule has 0 aliphatic heterocycles. The van der Waals surface area contributed by atoms with Gasteiger partial charge >= 0.3 is 0 Å². The molecule has 0 saturated heterocycles. The number of nitriles is 1. The van der Waals surface area contributed by atoms with Crippen LogP contribution in [0.2, 0.25) is 0 Å². The second kappa shape index (κ2) is 5.65. The maximum atomic E-state index is 9.19. The molecule has 1 heterocycles. The number of hydrogen-bond donors (Lipinski definition) is 0. The van der Waals surface area contributed by atoms with E-state index in [4.69, 9.17) is 4.74 Å². The number of allylic oxidation sites excluding steroid dienone is 1. The van der Waals surface area contributed by atoms with Gasteiger partial charge < -0.3 is 4.74 Å². The van der Waals surface area contributed by atoms with E-state index in [0.717, 1.165) is 17.0 Å². The van der Waals surface area contributed by atoms with E-state index in [1.165, 1.54) is 0 Å². The number of ether oxygens (including phenoxy) is 1. The molecule has 0 unspecified atom stereocenters. The third-order valence-electron chi connectivity index (χ3n) is 2.50. The monoisotopic (exact) mass is 236 g/mol. The summed E-state index contributed by atoms with van der Waals surface area (Å²) in [6.45, 7) is 0. The fourth-order valence-electron chi connectivity index (χ4n) is 1.56. The van der Waals surface area contributed by atoms with Crippen LogP contribution in [-0.4, -0.2) is 12.1 Å². The Labute approximate surface area is 106 Å². The SMILES string of the molecule is COc1ccc(/C(C#N)=C/c2ccccn2)cc1. The molecule has 2 aromatic rings. The molecule has 0 saturated carbocycles. The summed E-state index contributed by atoms with van der Waals surface area (Å²) in [6, 6.07) is 15.2. The molecule has 18 heavy (non-hydrogen) atoms. The Balaban J connectivity index is 2.34. The van der Waals surface area contributed by atoms with Gasteiger partial charge in [-0.15, -0.1) is 0 Å². The van der Waals surface area contributed by atoms with Crippen LogP contribution in [0.3, 0.4) is 0 Å². The van der Waals surface area contributed by atoms with E-state index in [9.17, 15) is 5.26 Å². The Morgan fingerprint density at radius 1 is 1.22 bits per heavy atom. The van der Waals surface area contributed by atoms with Crippen molar-refractivity contribution >= 4 is 11.6 Å². The van der Waals surface area contributed by atoms with E-state index in [-0.39, 0.29) is 0 Å². The minimum atomic E-state index is 0.580. The first-order chi connectivity index (χ1) is 8.83. The second-order valence-corrected chi connectivity index (χ2v) is 3.65. The summed E-state index contributed by atoms with van der Waals surface area (Å²) in [5.74, 6) is 0.772. The van der Waals surface area contributed by atoms with Gasteiger partial charge in [0.05, 0.1) is 24.4 Å². The Kier molecular flexibility index (Phi) is 3.72. The molecular formula is C15H12N2O. The van der Waals surface area contributed by atoms with E-state index in [2.05, 4.69) is 11.1 Å². The van der Waals surface area contributed by atoms with Gasteiger partial charge in [0, 0.05) is 6.20 Å². The molecule has 3 nitrogen and oxygen atoms in total. The normalized spacial score (nSPS) is 10.8. The van der Waals surface area contributed by atoms with Gasteiger partial charge in [-0.25, -0.2) is 0 Å². The van der Waals surface area contributed by atoms with Crippen molar-refractivity contribution < 1.29 is 4.74 Å². The van der Waals surface area contributed by atoms with Gasteiger partial charge in [0.2, 0.25) is 0 Å². The van der Waals surface area contributed by atoms with Crippen molar-refractivity contribution in [2.75, 3.05) is 7.11 Å². The largest absolute Gasteiger partial charge is 0.497 e. The average Bonchev–Trinajstić information content (AvgIpc) is 2.46. The second-order valence-electron chi connectivity index (χ2n) is 3.65. The van der Waals surface area contributed by atoms with Crippen LogP contribution in [0.4, 0.5) is 0 Å². The molecule has 0 aliphatic carbocycles. The van der Waals surface area contributed by atoms with Gasteiger partial charge in [-0.3, -0.25) is 4.98 Å². The first-order valence-corrected chi connectivity index (χ1v) is 5.51. The van der Waals surface area contributed by atoms with E-state index < -0.39 is 0 Å². The summed E-state index contributed by atoms with van der Waals surface area (Å²) in [5.41, 5.74) is 2.20. The maximum absolute atomic E-state index is 9.19. The van der Waals surface area contributed by atoms with Gasteiger partial charge in [0.1, 0.15) is 5.75 Å². The summed E-state index contributed by atoms with van der Waals surface area (Å²) >= 11 is 0. The highest BCUT2D eigenvalue weighted by molar-refractivity contribution is 5.88. The quantitative estimate of drug-likeness (QED) is 0.769. The lowest BCUT2D eigenvalue weighted by Crippen LogP contribution is -1.86. The van der Waals surface area contributed by atoms with Crippen molar-refractivity contribution in [2.24, 2.45) is 0 Å². The van der Waals surface area contributed by atoms with Crippen molar-refractivity contribution in [1.82, 2.24) is 4.98 Å². The molecule has 0 bridgehead atoms. The van der Waals surface area contributed by atoms with E-state index in [1.54, 1.807) is 19.4 Å². The lowest BCUT2D eigenvalue weighted by atomic mass is 10.1. The fourth-order valence-corrected chi connectivity index (χ4v) is 1.56. The molecule has 2 rings (SSSR count). The molecule has 3 heteroatoms. The highest BCUT2D eigenvalue weighted by atomic mass is 16.5. The highest BCUT2D eigenvalue weighted by Crippen LogP contribution is 2.19. The number of hydrogen-bond acceptors (Lipinski definition) is 3. The lowest BCUT2D eigenvalue weighted by molar-refractivity contribution is 0.415. The molecule has 0 radical (unpaired) electrons. The Morgan fingerprint density at radius 3 is 2.56 bits per heavy atom. The van der Waals surface area contributed by atoms with Gasteiger partial charge in [0.25, 0.3) is 0 Å². The molecule has 0 aliphatic rings. The van der Waals surface area contributed by atoms with Crippen LogP contribution in [0, 0.1) is 11.3 Å². The molecule has 1 aromatic heterocycles. The number of nitrogens with zero attached hydrogens (tertiary/aromatic N) is 2. The number of rotatable bonds is 3. The lowest BCUT2D eigenvalue weighted by Gasteiger charge is -2.02. The van der Waals surface area contributed by atoms with Crippen LogP contribution in [0.1, 0.15) is 11.3 Å². The number of methoxy groups -OCH3 is 1. The molecule has 0 spiro atoms.